The monoisotopic (exact) mass is 457 g/mol. The summed E-state index contributed by atoms with van der Waals surface area (Å²) in [7, 11) is 3.78. The van der Waals surface area contributed by atoms with E-state index in [1.807, 2.05) is 85.9 Å². The molecule has 34 heavy (non-hydrogen) atoms. The molecule has 1 unspecified atom stereocenters. The van der Waals surface area contributed by atoms with Crippen molar-refractivity contribution in [3.63, 3.8) is 0 Å². The minimum Gasteiger partial charge on any atom is -0.445 e. The number of anilines is 2. The minimum absolute atomic E-state index is 0.115. The second kappa shape index (κ2) is 10.5. The number of aromatic nitrogens is 2. The summed E-state index contributed by atoms with van der Waals surface area (Å²) < 4.78 is 5.35. The molecule has 0 radical (unpaired) electrons. The Morgan fingerprint density at radius 3 is 2.53 bits per heavy atom. The number of para-hydroxylation sites is 1. The topological polar surface area (TPSA) is 99.4 Å². The third-order valence-corrected chi connectivity index (χ3v) is 5.39. The Labute approximate surface area is 198 Å². The Bertz CT molecular complexity index is 1250. The zero-order chi connectivity index (χ0) is 23.9. The number of pyridine rings is 1. The highest BCUT2D eigenvalue weighted by molar-refractivity contribution is 5.97. The summed E-state index contributed by atoms with van der Waals surface area (Å²) in [6, 6.07) is 19.9. The summed E-state index contributed by atoms with van der Waals surface area (Å²) >= 11 is 0. The van der Waals surface area contributed by atoms with E-state index in [1.165, 1.54) is 0 Å². The van der Waals surface area contributed by atoms with Crippen molar-refractivity contribution in [1.29, 1.82) is 0 Å². The van der Waals surface area contributed by atoms with Gasteiger partial charge in [0.05, 0.1) is 11.9 Å². The molecule has 0 spiro atoms. The van der Waals surface area contributed by atoms with Crippen molar-refractivity contribution in [2.75, 3.05) is 24.3 Å². The van der Waals surface area contributed by atoms with Gasteiger partial charge in [0.1, 0.15) is 18.5 Å². The highest BCUT2D eigenvalue weighted by atomic mass is 16.5. The number of nitrogens with zero attached hydrogens (tertiary/aromatic N) is 2. The van der Waals surface area contributed by atoms with E-state index in [1.54, 1.807) is 12.3 Å². The number of amides is 2. The Balaban J connectivity index is 1.49. The van der Waals surface area contributed by atoms with Crippen LogP contribution in [0.5, 0.6) is 0 Å². The molecular formula is C26H27N5O3. The van der Waals surface area contributed by atoms with Gasteiger partial charge in [0.15, 0.2) is 0 Å². The molecule has 174 valence electrons. The maximum Gasteiger partial charge on any atom is 0.408 e. The molecule has 3 N–H and O–H groups in total. The van der Waals surface area contributed by atoms with E-state index in [9.17, 15) is 9.59 Å². The van der Waals surface area contributed by atoms with Crippen LogP contribution in [0.2, 0.25) is 0 Å². The summed E-state index contributed by atoms with van der Waals surface area (Å²) in [5.41, 5.74) is 3.29. The van der Waals surface area contributed by atoms with Gasteiger partial charge in [0.25, 0.3) is 0 Å². The van der Waals surface area contributed by atoms with Crippen molar-refractivity contribution in [2.24, 2.45) is 0 Å². The van der Waals surface area contributed by atoms with Crippen LogP contribution in [0.1, 0.15) is 11.1 Å². The molecule has 0 bridgehead atoms. The molecule has 0 fully saturated rings. The summed E-state index contributed by atoms with van der Waals surface area (Å²) in [5.74, 6) is 0.414. The fourth-order valence-corrected chi connectivity index (χ4v) is 3.59. The lowest BCUT2D eigenvalue weighted by molar-refractivity contribution is -0.118. The number of carbonyl (C=O) groups excluding carboxylic acids is 2. The lowest BCUT2D eigenvalue weighted by atomic mass is 10.0. The molecule has 2 aromatic carbocycles. The molecular weight excluding hydrogens is 430 g/mol. The van der Waals surface area contributed by atoms with Crippen molar-refractivity contribution < 1.29 is 14.3 Å². The van der Waals surface area contributed by atoms with Crippen LogP contribution in [0.25, 0.3) is 10.9 Å². The molecule has 0 aliphatic carbocycles. The molecule has 4 rings (SSSR count). The van der Waals surface area contributed by atoms with Crippen LogP contribution >= 0.6 is 0 Å². The first kappa shape index (κ1) is 22.8. The average molecular weight is 458 g/mol. The summed E-state index contributed by atoms with van der Waals surface area (Å²) in [5, 5.41) is 6.57. The zero-order valence-corrected chi connectivity index (χ0v) is 19.1. The van der Waals surface area contributed by atoms with E-state index in [0.717, 1.165) is 27.8 Å². The molecule has 0 aliphatic heterocycles. The van der Waals surface area contributed by atoms with Crippen LogP contribution in [0.15, 0.2) is 79.1 Å². The Kier molecular flexibility index (Phi) is 7.07. The number of H-pyrrole nitrogens is 1. The van der Waals surface area contributed by atoms with Crippen molar-refractivity contribution in [3.05, 3.63) is 90.3 Å². The van der Waals surface area contributed by atoms with E-state index in [0.29, 0.717) is 12.1 Å². The van der Waals surface area contributed by atoms with Gasteiger partial charge in [-0.2, -0.15) is 0 Å². The number of alkyl carbamates (subject to hydrolysis) is 1. The van der Waals surface area contributed by atoms with Crippen LogP contribution < -0.4 is 15.5 Å². The number of ether oxygens (including phenoxy) is 1. The SMILES string of the molecule is CN(C)c1ccc(NC(=O)C(Cc2c[nH]c3ccccc23)NC(=O)OCc2ccccc2)cn1. The van der Waals surface area contributed by atoms with E-state index in [2.05, 4.69) is 20.6 Å². The molecule has 2 aromatic heterocycles. The van der Waals surface area contributed by atoms with Gasteiger partial charge in [-0.15, -0.1) is 0 Å². The molecule has 0 aliphatic rings. The number of rotatable bonds is 8. The first-order valence-corrected chi connectivity index (χ1v) is 11.0. The van der Waals surface area contributed by atoms with Crippen LogP contribution in [0, 0.1) is 0 Å². The molecule has 0 saturated heterocycles. The standard InChI is InChI=1S/C26H27N5O3/c1-31(2)24-13-12-20(16-28-24)29-25(32)23(14-19-15-27-22-11-7-6-10-21(19)22)30-26(33)34-17-18-8-4-3-5-9-18/h3-13,15-16,23,27H,14,17H2,1-2H3,(H,29,32)(H,30,33). The first-order valence-electron chi connectivity index (χ1n) is 11.0. The number of hydrogen-bond donors (Lipinski definition) is 3. The first-order chi connectivity index (χ1) is 16.5. The molecule has 1 atom stereocenters. The zero-order valence-electron chi connectivity index (χ0n) is 19.1. The van der Waals surface area contributed by atoms with Crippen LogP contribution in [-0.4, -0.2) is 42.1 Å². The van der Waals surface area contributed by atoms with Crippen molar-refractivity contribution in [1.82, 2.24) is 15.3 Å². The normalized spacial score (nSPS) is 11.6. The third-order valence-electron chi connectivity index (χ3n) is 5.39. The highest BCUT2D eigenvalue weighted by Crippen LogP contribution is 2.20. The summed E-state index contributed by atoms with van der Waals surface area (Å²) in [6.07, 6.45) is 3.07. The second-order valence-electron chi connectivity index (χ2n) is 8.11. The average Bonchev–Trinajstić information content (AvgIpc) is 3.26. The smallest absolute Gasteiger partial charge is 0.408 e. The van der Waals surface area contributed by atoms with Gasteiger partial charge < -0.3 is 25.3 Å². The maximum atomic E-state index is 13.2. The number of fused-ring (bicyclic) bond motifs is 1. The van der Waals surface area contributed by atoms with Crippen LogP contribution in [0.4, 0.5) is 16.3 Å². The van der Waals surface area contributed by atoms with E-state index >= 15 is 0 Å². The van der Waals surface area contributed by atoms with E-state index in [4.69, 9.17) is 4.74 Å². The summed E-state index contributed by atoms with van der Waals surface area (Å²) in [6.45, 7) is 0.115. The van der Waals surface area contributed by atoms with Crippen LogP contribution in [-0.2, 0) is 22.6 Å². The maximum absolute atomic E-state index is 13.2. The number of benzene rings is 2. The number of nitrogens with one attached hydrogen (secondary N) is 3. The quantitative estimate of drug-likeness (QED) is 0.370. The van der Waals surface area contributed by atoms with Crippen molar-refractivity contribution in [3.8, 4) is 0 Å². The predicted octanol–water partition coefficient (Wildman–Crippen LogP) is 4.11. The van der Waals surface area contributed by atoms with Crippen molar-refractivity contribution >= 4 is 34.4 Å². The van der Waals surface area contributed by atoms with Crippen molar-refractivity contribution in [2.45, 2.75) is 19.1 Å². The molecule has 8 heteroatoms. The third kappa shape index (κ3) is 5.72. The van der Waals surface area contributed by atoms with Gasteiger partial charge >= 0.3 is 6.09 Å². The van der Waals surface area contributed by atoms with Gasteiger partial charge in [-0.1, -0.05) is 48.5 Å². The van der Waals surface area contributed by atoms with Gasteiger partial charge in [-0.05, 0) is 29.3 Å². The highest BCUT2D eigenvalue weighted by Gasteiger charge is 2.24. The largest absolute Gasteiger partial charge is 0.445 e. The Morgan fingerprint density at radius 1 is 1.03 bits per heavy atom. The molecule has 2 heterocycles. The number of hydrogen-bond acceptors (Lipinski definition) is 5. The molecule has 2 amide bonds. The fraction of sp³-hybridized carbons (Fsp3) is 0.192. The van der Waals surface area contributed by atoms with Crippen LogP contribution in [0.3, 0.4) is 0 Å². The Hall–Kier alpha value is -4.33. The molecule has 4 aromatic rings. The lowest BCUT2D eigenvalue weighted by Gasteiger charge is -2.19. The van der Waals surface area contributed by atoms with E-state index < -0.39 is 12.1 Å². The molecule has 0 saturated carbocycles. The predicted molar refractivity (Wildman–Crippen MR) is 133 cm³/mol. The number of carbonyl (C=O) groups is 2. The van der Waals surface area contributed by atoms with Gasteiger partial charge in [0.2, 0.25) is 5.91 Å². The lowest BCUT2D eigenvalue weighted by Crippen LogP contribution is -2.45. The fourth-order valence-electron chi connectivity index (χ4n) is 3.59. The van der Waals surface area contributed by atoms with Gasteiger partial charge in [-0.3, -0.25) is 4.79 Å². The van der Waals surface area contributed by atoms with E-state index in [-0.39, 0.29) is 12.5 Å². The second-order valence-corrected chi connectivity index (χ2v) is 8.11. The molecule has 8 nitrogen and oxygen atoms in total. The van der Waals surface area contributed by atoms with Gasteiger partial charge in [-0.25, -0.2) is 9.78 Å². The Morgan fingerprint density at radius 2 is 1.79 bits per heavy atom. The minimum atomic E-state index is -0.851. The summed E-state index contributed by atoms with van der Waals surface area (Å²) in [4.78, 5) is 35.1. The van der Waals surface area contributed by atoms with Gasteiger partial charge in [0, 0.05) is 37.6 Å². The number of aromatic amines is 1.